The van der Waals surface area contributed by atoms with Gasteiger partial charge in [0.15, 0.2) is 0 Å². The number of benzene rings is 1. The third-order valence-electron chi connectivity index (χ3n) is 2.05. The highest BCUT2D eigenvalue weighted by molar-refractivity contribution is 9.11. The molecule has 1 aromatic heterocycles. The highest BCUT2D eigenvalue weighted by Crippen LogP contribution is 2.22. The van der Waals surface area contributed by atoms with Crippen LogP contribution in [0.2, 0.25) is 5.15 Å². The summed E-state index contributed by atoms with van der Waals surface area (Å²) in [5.74, 6) is 0.0824. The lowest BCUT2D eigenvalue weighted by atomic mass is 10.2. The van der Waals surface area contributed by atoms with E-state index in [9.17, 15) is 4.79 Å². The zero-order valence-corrected chi connectivity index (χ0v) is 12.8. The molecule has 1 aromatic carbocycles. The molecule has 0 aliphatic heterocycles. The molecule has 0 fully saturated rings. The lowest BCUT2D eigenvalue weighted by Gasteiger charge is -2.06. The highest BCUT2D eigenvalue weighted by Gasteiger charge is 2.11. The molecule has 18 heavy (non-hydrogen) atoms. The van der Waals surface area contributed by atoms with Crippen LogP contribution < -0.4 is 5.32 Å². The fourth-order valence-corrected chi connectivity index (χ4v) is 2.63. The van der Waals surface area contributed by atoms with Crippen molar-refractivity contribution in [2.75, 3.05) is 5.32 Å². The van der Waals surface area contributed by atoms with Crippen LogP contribution in [0, 0.1) is 0 Å². The maximum Gasteiger partial charge on any atom is 0.257 e. The summed E-state index contributed by atoms with van der Waals surface area (Å²) in [6.45, 7) is 0. The van der Waals surface area contributed by atoms with Gasteiger partial charge in [0, 0.05) is 15.0 Å². The third kappa shape index (κ3) is 3.28. The number of anilines is 1. The molecule has 1 heterocycles. The normalized spacial score (nSPS) is 10.2. The van der Waals surface area contributed by atoms with Gasteiger partial charge in [-0.25, -0.2) is 9.97 Å². The Morgan fingerprint density at radius 1 is 1.22 bits per heavy atom. The van der Waals surface area contributed by atoms with Crippen molar-refractivity contribution < 1.29 is 4.79 Å². The topological polar surface area (TPSA) is 54.9 Å². The van der Waals surface area contributed by atoms with Crippen LogP contribution in [0.25, 0.3) is 0 Å². The molecule has 0 atom stereocenters. The molecule has 0 bridgehead atoms. The average molecular weight is 391 g/mol. The fraction of sp³-hybridized carbons (Fsp3) is 0. The zero-order valence-electron chi connectivity index (χ0n) is 8.82. The van der Waals surface area contributed by atoms with Crippen molar-refractivity contribution in [2.45, 2.75) is 0 Å². The molecule has 2 aromatic rings. The van der Waals surface area contributed by atoms with Crippen molar-refractivity contribution in [1.82, 2.24) is 9.97 Å². The first-order valence-electron chi connectivity index (χ1n) is 4.80. The predicted octanol–water partition coefficient (Wildman–Crippen LogP) is 3.91. The van der Waals surface area contributed by atoms with Crippen molar-refractivity contribution in [2.24, 2.45) is 0 Å². The van der Waals surface area contributed by atoms with Gasteiger partial charge in [-0.15, -0.1) is 0 Å². The number of hydrogen-bond acceptors (Lipinski definition) is 3. The van der Waals surface area contributed by atoms with Gasteiger partial charge in [0.2, 0.25) is 0 Å². The Labute approximate surface area is 125 Å². The summed E-state index contributed by atoms with van der Waals surface area (Å²) < 4.78 is 1.57. The third-order valence-corrected chi connectivity index (χ3v) is 3.41. The first-order valence-corrected chi connectivity index (χ1v) is 6.76. The van der Waals surface area contributed by atoms with Gasteiger partial charge in [0.1, 0.15) is 17.3 Å². The predicted molar refractivity (Wildman–Crippen MR) is 76.8 cm³/mol. The quantitative estimate of drug-likeness (QED) is 0.790. The molecule has 7 heteroatoms. The van der Waals surface area contributed by atoms with E-state index in [2.05, 4.69) is 47.1 Å². The molecule has 0 unspecified atom stereocenters. The fourth-order valence-electron chi connectivity index (χ4n) is 1.26. The van der Waals surface area contributed by atoms with E-state index in [0.717, 1.165) is 4.47 Å². The zero-order chi connectivity index (χ0) is 13.1. The molecule has 1 amide bonds. The van der Waals surface area contributed by atoms with Crippen molar-refractivity contribution in [3.63, 3.8) is 0 Å². The van der Waals surface area contributed by atoms with Crippen LogP contribution in [0.1, 0.15) is 10.4 Å². The number of carbonyl (C=O) groups excluding carboxylic acids is 1. The van der Waals surface area contributed by atoms with E-state index in [1.165, 1.54) is 12.4 Å². The molecule has 0 saturated carbocycles. The van der Waals surface area contributed by atoms with Gasteiger partial charge in [-0.1, -0.05) is 27.5 Å². The van der Waals surface area contributed by atoms with E-state index in [0.29, 0.717) is 15.9 Å². The number of nitrogens with zero attached hydrogens (tertiary/aromatic N) is 2. The minimum absolute atomic E-state index is 0.273. The molecule has 92 valence electrons. The van der Waals surface area contributed by atoms with E-state index in [1.807, 2.05) is 0 Å². The van der Waals surface area contributed by atoms with Gasteiger partial charge >= 0.3 is 0 Å². The van der Waals surface area contributed by atoms with Gasteiger partial charge in [-0.05, 0) is 34.1 Å². The summed E-state index contributed by atoms with van der Waals surface area (Å²) in [4.78, 5) is 19.6. The summed E-state index contributed by atoms with van der Waals surface area (Å²) in [5, 5.41) is 2.91. The number of halogens is 3. The Morgan fingerprint density at radius 3 is 2.67 bits per heavy atom. The van der Waals surface area contributed by atoms with Gasteiger partial charge in [-0.2, -0.15) is 0 Å². The number of nitrogens with one attached hydrogen (secondary N) is 1. The van der Waals surface area contributed by atoms with E-state index < -0.39 is 0 Å². The summed E-state index contributed by atoms with van der Waals surface area (Å²) in [7, 11) is 0. The van der Waals surface area contributed by atoms with Crippen molar-refractivity contribution in [3.8, 4) is 0 Å². The standard InChI is InChI=1S/C11H6Br2ClN3O/c12-6-1-2-7(8(13)3-6)11(18)17-10-4-9(14)15-5-16-10/h1-5H,(H,15,16,17,18). The largest absolute Gasteiger partial charge is 0.306 e. The van der Waals surface area contributed by atoms with Crippen LogP contribution in [0.4, 0.5) is 5.82 Å². The maximum atomic E-state index is 12.0. The first kappa shape index (κ1) is 13.5. The van der Waals surface area contributed by atoms with E-state index in [4.69, 9.17) is 11.6 Å². The Bertz CT molecular complexity index is 607. The second-order valence-electron chi connectivity index (χ2n) is 3.30. The Hall–Kier alpha value is -0.980. The van der Waals surface area contributed by atoms with Crippen LogP contribution in [0.5, 0.6) is 0 Å². The van der Waals surface area contributed by atoms with Crippen LogP contribution in [0.3, 0.4) is 0 Å². The molecule has 0 aliphatic carbocycles. The van der Waals surface area contributed by atoms with Gasteiger partial charge in [0.25, 0.3) is 5.91 Å². The molecule has 2 rings (SSSR count). The summed E-state index contributed by atoms with van der Waals surface area (Å²) in [6, 6.07) is 6.76. The number of aromatic nitrogens is 2. The highest BCUT2D eigenvalue weighted by atomic mass is 79.9. The van der Waals surface area contributed by atoms with Crippen molar-refractivity contribution in [3.05, 3.63) is 50.3 Å². The minimum Gasteiger partial charge on any atom is -0.306 e. The molecular formula is C11H6Br2ClN3O. The monoisotopic (exact) mass is 389 g/mol. The Morgan fingerprint density at radius 2 is 2.00 bits per heavy atom. The number of hydrogen-bond donors (Lipinski definition) is 1. The van der Waals surface area contributed by atoms with Gasteiger partial charge in [0.05, 0.1) is 5.56 Å². The maximum absolute atomic E-state index is 12.0. The molecule has 0 spiro atoms. The summed E-state index contributed by atoms with van der Waals surface area (Å²) in [5.41, 5.74) is 0.507. The SMILES string of the molecule is O=C(Nc1cc(Cl)ncn1)c1ccc(Br)cc1Br. The van der Waals surface area contributed by atoms with Crippen LogP contribution in [-0.4, -0.2) is 15.9 Å². The van der Waals surface area contributed by atoms with E-state index in [-0.39, 0.29) is 11.1 Å². The smallest absolute Gasteiger partial charge is 0.257 e. The minimum atomic E-state index is -0.274. The number of carbonyl (C=O) groups is 1. The molecule has 1 N–H and O–H groups in total. The summed E-state index contributed by atoms with van der Waals surface area (Å²) in [6.07, 6.45) is 1.29. The van der Waals surface area contributed by atoms with Gasteiger partial charge < -0.3 is 5.32 Å². The second kappa shape index (κ2) is 5.77. The average Bonchev–Trinajstić information content (AvgIpc) is 2.28. The number of amides is 1. The molecule has 4 nitrogen and oxygen atoms in total. The first-order chi connectivity index (χ1) is 8.56. The molecule has 0 radical (unpaired) electrons. The van der Waals surface area contributed by atoms with Crippen LogP contribution >= 0.6 is 43.5 Å². The second-order valence-corrected chi connectivity index (χ2v) is 5.46. The lowest BCUT2D eigenvalue weighted by molar-refractivity contribution is 0.102. The molecular weight excluding hydrogens is 385 g/mol. The lowest BCUT2D eigenvalue weighted by Crippen LogP contribution is -2.13. The van der Waals surface area contributed by atoms with E-state index in [1.54, 1.807) is 18.2 Å². The Kier molecular flexibility index (Phi) is 4.31. The number of rotatable bonds is 2. The van der Waals surface area contributed by atoms with Crippen LogP contribution in [0.15, 0.2) is 39.5 Å². The van der Waals surface area contributed by atoms with E-state index >= 15 is 0 Å². The van der Waals surface area contributed by atoms with Crippen molar-refractivity contribution >= 4 is 55.2 Å². The van der Waals surface area contributed by atoms with Crippen molar-refractivity contribution in [1.29, 1.82) is 0 Å². The summed E-state index contributed by atoms with van der Waals surface area (Å²) >= 11 is 12.4. The van der Waals surface area contributed by atoms with Gasteiger partial charge in [-0.3, -0.25) is 4.79 Å². The van der Waals surface area contributed by atoms with Crippen LogP contribution in [-0.2, 0) is 0 Å². The Balaban J connectivity index is 2.22. The molecule has 0 saturated heterocycles. The molecule has 0 aliphatic rings.